The number of nitrogens with one attached hydrogen (secondary N) is 1. The van der Waals surface area contributed by atoms with E-state index in [0.717, 1.165) is 12.1 Å². The molecule has 10 heteroatoms. The predicted octanol–water partition coefficient (Wildman–Crippen LogP) is 4.36. The number of carbonyl (C=O) groups is 2. The molecule has 2 N–H and O–H groups in total. The van der Waals surface area contributed by atoms with E-state index in [1.807, 2.05) is 0 Å². The summed E-state index contributed by atoms with van der Waals surface area (Å²) in [6, 6.07) is 10.7. The van der Waals surface area contributed by atoms with Crippen molar-refractivity contribution in [2.24, 2.45) is 0 Å². The van der Waals surface area contributed by atoms with Gasteiger partial charge in [-0.1, -0.05) is 0 Å². The molecule has 2 aromatic carbocycles. The maximum absolute atomic E-state index is 12.4. The number of carboxylic acids is 1. The molecule has 2 amide bonds. The molecule has 3 rings (SSSR count). The van der Waals surface area contributed by atoms with Crippen LogP contribution in [-0.4, -0.2) is 47.6 Å². The van der Waals surface area contributed by atoms with Crippen LogP contribution in [0.2, 0.25) is 0 Å². The first kappa shape index (κ1) is 21.3. The van der Waals surface area contributed by atoms with E-state index in [1.54, 1.807) is 17.0 Å². The highest BCUT2D eigenvalue weighted by Gasteiger charge is 2.31. The molecule has 0 unspecified atom stereocenters. The zero-order valence-electron chi connectivity index (χ0n) is 15.7. The van der Waals surface area contributed by atoms with Crippen LogP contribution in [0.1, 0.15) is 23.2 Å². The fourth-order valence-electron chi connectivity index (χ4n) is 2.99. The number of alkyl halides is 3. The first-order valence-electron chi connectivity index (χ1n) is 9.11. The van der Waals surface area contributed by atoms with Gasteiger partial charge in [0.1, 0.15) is 17.6 Å². The Hall–Kier alpha value is -3.43. The number of urea groups is 1. The summed E-state index contributed by atoms with van der Waals surface area (Å²) in [5.41, 5.74) is 0.526. The zero-order chi connectivity index (χ0) is 21.7. The van der Waals surface area contributed by atoms with Gasteiger partial charge >= 0.3 is 18.4 Å². The lowest BCUT2D eigenvalue weighted by Gasteiger charge is -2.32. The standard InChI is InChI=1S/C20H19F3N2O5/c21-20(22,23)30-17-7-3-14(4-8-17)24-19(28)25-11-9-16(10-12-25)29-15-5-1-13(2-6-15)18(26)27/h1-8,16H,9-12H2,(H,24,28)(H,26,27). The topological polar surface area (TPSA) is 88.1 Å². The third kappa shape index (κ3) is 6.03. The molecule has 1 aliphatic heterocycles. The van der Waals surface area contributed by atoms with Gasteiger partial charge < -0.3 is 24.8 Å². The van der Waals surface area contributed by atoms with Gasteiger partial charge in [-0.15, -0.1) is 13.2 Å². The highest BCUT2D eigenvalue weighted by Crippen LogP contribution is 2.24. The Bertz CT molecular complexity index is 877. The van der Waals surface area contributed by atoms with Crippen molar-refractivity contribution < 1.29 is 37.3 Å². The summed E-state index contributed by atoms with van der Waals surface area (Å²) in [4.78, 5) is 24.8. The Morgan fingerprint density at radius 2 is 1.53 bits per heavy atom. The van der Waals surface area contributed by atoms with Crippen LogP contribution in [0.5, 0.6) is 11.5 Å². The average molecular weight is 424 g/mol. The Labute approximate surface area is 170 Å². The smallest absolute Gasteiger partial charge is 0.490 e. The summed E-state index contributed by atoms with van der Waals surface area (Å²) in [6.45, 7) is 0.887. The van der Waals surface area contributed by atoms with E-state index >= 15 is 0 Å². The van der Waals surface area contributed by atoms with Gasteiger partial charge in [0.2, 0.25) is 0 Å². The molecule has 0 aromatic heterocycles. The molecule has 0 bridgehead atoms. The van der Waals surface area contributed by atoms with Crippen LogP contribution in [0.4, 0.5) is 23.7 Å². The molecule has 0 saturated carbocycles. The number of nitrogens with zero attached hydrogens (tertiary/aromatic N) is 1. The number of rotatable bonds is 5. The number of likely N-dealkylation sites (tertiary alicyclic amines) is 1. The van der Waals surface area contributed by atoms with E-state index in [9.17, 15) is 22.8 Å². The average Bonchev–Trinajstić information content (AvgIpc) is 2.69. The summed E-state index contributed by atoms with van der Waals surface area (Å²) in [6.07, 6.45) is -3.70. The first-order chi connectivity index (χ1) is 14.2. The van der Waals surface area contributed by atoms with Crippen molar-refractivity contribution in [3.05, 3.63) is 54.1 Å². The van der Waals surface area contributed by atoms with Gasteiger partial charge in [0.15, 0.2) is 0 Å². The molecule has 0 radical (unpaired) electrons. The fourth-order valence-corrected chi connectivity index (χ4v) is 2.99. The second-order valence-corrected chi connectivity index (χ2v) is 6.64. The van der Waals surface area contributed by atoms with Gasteiger partial charge in [-0.25, -0.2) is 9.59 Å². The lowest BCUT2D eigenvalue weighted by Crippen LogP contribution is -2.43. The van der Waals surface area contributed by atoms with Crippen molar-refractivity contribution in [1.29, 1.82) is 0 Å². The highest BCUT2D eigenvalue weighted by atomic mass is 19.4. The summed E-state index contributed by atoms with van der Waals surface area (Å²) >= 11 is 0. The third-order valence-corrected chi connectivity index (χ3v) is 4.47. The van der Waals surface area contributed by atoms with Crippen molar-refractivity contribution in [2.45, 2.75) is 25.3 Å². The molecule has 0 atom stereocenters. The van der Waals surface area contributed by atoms with Crippen LogP contribution < -0.4 is 14.8 Å². The molecule has 1 aliphatic rings. The van der Waals surface area contributed by atoms with Gasteiger partial charge in [0.25, 0.3) is 0 Å². The number of aromatic carboxylic acids is 1. The van der Waals surface area contributed by atoms with Crippen LogP contribution in [0.3, 0.4) is 0 Å². The fraction of sp³-hybridized carbons (Fsp3) is 0.300. The highest BCUT2D eigenvalue weighted by molar-refractivity contribution is 5.89. The number of carbonyl (C=O) groups excluding carboxylic acids is 1. The van der Waals surface area contributed by atoms with Gasteiger partial charge in [-0.05, 0) is 48.5 Å². The zero-order valence-corrected chi connectivity index (χ0v) is 15.7. The van der Waals surface area contributed by atoms with E-state index in [2.05, 4.69) is 10.1 Å². The number of amides is 2. The SMILES string of the molecule is O=C(O)c1ccc(OC2CCN(C(=O)Nc3ccc(OC(F)(F)F)cc3)CC2)cc1. The number of hydrogen-bond acceptors (Lipinski definition) is 4. The monoisotopic (exact) mass is 424 g/mol. The van der Waals surface area contributed by atoms with Crippen molar-refractivity contribution >= 4 is 17.7 Å². The number of piperidine rings is 1. The van der Waals surface area contributed by atoms with Crippen molar-refractivity contribution in [3.8, 4) is 11.5 Å². The van der Waals surface area contributed by atoms with E-state index in [0.29, 0.717) is 37.4 Å². The number of ether oxygens (including phenoxy) is 2. The van der Waals surface area contributed by atoms with E-state index in [1.165, 1.54) is 24.3 Å². The van der Waals surface area contributed by atoms with Crippen LogP contribution in [0.25, 0.3) is 0 Å². The maximum atomic E-state index is 12.4. The van der Waals surface area contributed by atoms with Crippen LogP contribution in [-0.2, 0) is 0 Å². The quantitative estimate of drug-likeness (QED) is 0.745. The Balaban J connectivity index is 1.46. The molecule has 1 fully saturated rings. The van der Waals surface area contributed by atoms with Gasteiger partial charge in [-0.3, -0.25) is 0 Å². The number of benzene rings is 2. The Kier molecular flexibility index (Phi) is 6.34. The van der Waals surface area contributed by atoms with Crippen LogP contribution in [0.15, 0.2) is 48.5 Å². The van der Waals surface area contributed by atoms with Crippen molar-refractivity contribution in [2.75, 3.05) is 18.4 Å². The second-order valence-electron chi connectivity index (χ2n) is 6.64. The maximum Gasteiger partial charge on any atom is 0.573 e. The number of hydrogen-bond donors (Lipinski definition) is 2. The van der Waals surface area contributed by atoms with Crippen molar-refractivity contribution in [1.82, 2.24) is 4.90 Å². The minimum absolute atomic E-state index is 0.108. The normalized spacial score (nSPS) is 14.8. The summed E-state index contributed by atoms with van der Waals surface area (Å²) in [5.74, 6) is -0.817. The molecule has 2 aromatic rings. The number of anilines is 1. The van der Waals surface area contributed by atoms with Crippen LogP contribution >= 0.6 is 0 Å². The number of carboxylic acid groups (broad SMARTS) is 1. The third-order valence-electron chi connectivity index (χ3n) is 4.47. The summed E-state index contributed by atoms with van der Waals surface area (Å²) < 4.78 is 46.2. The molecule has 30 heavy (non-hydrogen) atoms. The lowest BCUT2D eigenvalue weighted by molar-refractivity contribution is -0.274. The molecule has 1 saturated heterocycles. The van der Waals surface area contributed by atoms with Gasteiger partial charge in [-0.2, -0.15) is 0 Å². The van der Waals surface area contributed by atoms with Gasteiger partial charge in [0, 0.05) is 31.6 Å². The minimum atomic E-state index is -4.77. The number of halogens is 3. The minimum Gasteiger partial charge on any atom is -0.490 e. The summed E-state index contributed by atoms with van der Waals surface area (Å²) in [7, 11) is 0. The molecule has 160 valence electrons. The summed E-state index contributed by atoms with van der Waals surface area (Å²) in [5, 5.41) is 11.5. The van der Waals surface area contributed by atoms with E-state index < -0.39 is 12.3 Å². The van der Waals surface area contributed by atoms with E-state index in [4.69, 9.17) is 9.84 Å². The molecular formula is C20H19F3N2O5. The largest absolute Gasteiger partial charge is 0.573 e. The Morgan fingerprint density at radius 3 is 2.07 bits per heavy atom. The Morgan fingerprint density at radius 1 is 0.967 bits per heavy atom. The molecule has 7 nitrogen and oxygen atoms in total. The predicted molar refractivity (Wildman–Crippen MR) is 101 cm³/mol. The molecular weight excluding hydrogens is 405 g/mol. The van der Waals surface area contributed by atoms with E-state index in [-0.39, 0.29) is 23.4 Å². The molecule has 0 spiro atoms. The van der Waals surface area contributed by atoms with Crippen molar-refractivity contribution in [3.63, 3.8) is 0 Å². The lowest BCUT2D eigenvalue weighted by atomic mass is 10.1. The van der Waals surface area contributed by atoms with Crippen LogP contribution in [0, 0.1) is 0 Å². The first-order valence-corrected chi connectivity index (χ1v) is 9.11. The second kappa shape index (κ2) is 8.93. The molecule has 0 aliphatic carbocycles. The van der Waals surface area contributed by atoms with Gasteiger partial charge in [0.05, 0.1) is 5.56 Å². The molecule has 1 heterocycles.